The number of aromatic nitrogens is 1. The van der Waals surface area contributed by atoms with Crippen LogP contribution >= 0.6 is 0 Å². The van der Waals surface area contributed by atoms with Crippen molar-refractivity contribution in [1.82, 2.24) is 15.6 Å². The fraction of sp³-hybridized carbons (Fsp3) is 0.231. The number of carboxylic acids is 1. The lowest BCUT2D eigenvalue weighted by Gasteiger charge is -2.18. The quantitative estimate of drug-likeness (QED) is 0.294. The van der Waals surface area contributed by atoms with Gasteiger partial charge in [-0.05, 0) is 35.2 Å². The summed E-state index contributed by atoms with van der Waals surface area (Å²) < 4.78 is 5.06. The van der Waals surface area contributed by atoms with E-state index in [1.165, 1.54) is 0 Å². The molecule has 0 spiro atoms. The first-order chi connectivity index (χ1) is 17.0. The Morgan fingerprint density at radius 1 is 0.914 bits per heavy atom. The number of carbonyl (C=O) groups excluding carboxylic acids is 2. The van der Waals surface area contributed by atoms with Crippen LogP contribution in [-0.2, 0) is 14.3 Å². The van der Waals surface area contributed by atoms with Gasteiger partial charge in [0.1, 0.15) is 12.4 Å². The number of pyridine rings is 1. The molecule has 1 aromatic heterocycles. The van der Waals surface area contributed by atoms with Gasteiger partial charge in [-0.1, -0.05) is 60.7 Å². The van der Waals surface area contributed by atoms with Gasteiger partial charge in [0.05, 0.1) is 19.1 Å². The molecule has 1 heterocycles. The molecular weight excluding hydrogens is 448 g/mol. The zero-order chi connectivity index (χ0) is 24.9. The van der Waals surface area contributed by atoms with E-state index in [-0.39, 0.29) is 19.6 Å². The molecule has 0 bridgehead atoms. The summed E-state index contributed by atoms with van der Waals surface area (Å²) in [5, 5.41) is 17.4. The van der Waals surface area contributed by atoms with E-state index in [0.717, 1.165) is 16.9 Å². The van der Waals surface area contributed by atoms with Gasteiger partial charge in [-0.15, -0.1) is 0 Å². The van der Waals surface area contributed by atoms with E-state index < -0.39 is 24.0 Å². The van der Waals surface area contributed by atoms with Crippen molar-refractivity contribution in [2.45, 2.75) is 18.9 Å². The Hall–Kier alpha value is -4.40. The predicted octanol–water partition coefficient (Wildman–Crippen LogP) is 3.61. The molecule has 3 rings (SSSR count). The molecule has 9 nitrogen and oxygen atoms in total. The van der Waals surface area contributed by atoms with Crippen LogP contribution in [0, 0.1) is 0 Å². The zero-order valence-corrected chi connectivity index (χ0v) is 19.1. The van der Waals surface area contributed by atoms with Gasteiger partial charge in [0.25, 0.3) is 0 Å². The minimum Gasteiger partial charge on any atom is -0.481 e. The lowest BCUT2D eigenvalue weighted by atomic mass is 9.99. The molecule has 0 fully saturated rings. The number of nitrogens with one attached hydrogen (secondary N) is 3. The van der Waals surface area contributed by atoms with Crippen LogP contribution < -0.4 is 16.0 Å². The van der Waals surface area contributed by atoms with E-state index in [1.54, 1.807) is 18.3 Å². The fourth-order valence-electron chi connectivity index (χ4n) is 3.33. The van der Waals surface area contributed by atoms with Gasteiger partial charge in [-0.2, -0.15) is 0 Å². The van der Waals surface area contributed by atoms with E-state index in [0.29, 0.717) is 18.5 Å². The molecule has 0 aliphatic rings. The molecule has 9 heteroatoms. The van der Waals surface area contributed by atoms with Crippen molar-refractivity contribution in [3.8, 4) is 11.1 Å². The SMILES string of the molecule is O=C(O)CC(NC(=O)CNC(=O)OCCCNc1ccccn1)c1ccc(-c2ccccc2)cc1. The second-order valence-corrected chi connectivity index (χ2v) is 7.69. The number of anilines is 1. The van der Waals surface area contributed by atoms with Crippen molar-refractivity contribution in [1.29, 1.82) is 0 Å². The van der Waals surface area contributed by atoms with E-state index in [9.17, 15) is 19.5 Å². The molecule has 2 aromatic carbocycles. The second-order valence-electron chi connectivity index (χ2n) is 7.69. The van der Waals surface area contributed by atoms with Crippen molar-refractivity contribution in [2.24, 2.45) is 0 Å². The Bertz CT molecular complexity index is 1090. The molecule has 182 valence electrons. The van der Waals surface area contributed by atoms with Gasteiger partial charge in [0.2, 0.25) is 5.91 Å². The second kappa shape index (κ2) is 13.3. The minimum atomic E-state index is -1.05. The molecule has 0 saturated carbocycles. The Kier molecular flexibility index (Phi) is 9.62. The number of ether oxygens (including phenoxy) is 1. The number of hydrogen-bond acceptors (Lipinski definition) is 6. The topological polar surface area (TPSA) is 130 Å². The number of aliphatic carboxylic acids is 1. The Balaban J connectivity index is 1.42. The number of nitrogens with zero attached hydrogens (tertiary/aromatic N) is 1. The monoisotopic (exact) mass is 476 g/mol. The average Bonchev–Trinajstić information content (AvgIpc) is 2.88. The fourth-order valence-corrected chi connectivity index (χ4v) is 3.33. The largest absolute Gasteiger partial charge is 0.481 e. The summed E-state index contributed by atoms with van der Waals surface area (Å²) in [5.41, 5.74) is 2.67. The van der Waals surface area contributed by atoms with Crippen LogP contribution in [0.25, 0.3) is 11.1 Å². The molecule has 0 aliphatic carbocycles. The number of benzene rings is 2. The zero-order valence-electron chi connectivity index (χ0n) is 19.1. The number of carboxylic acid groups (broad SMARTS) is 1. The lowest BCUT2D eigenvalue weighted by Crippen LogP contribution is -2.39. The molecule has 2 amide bonds. The lowest BCUT2D eigenvalue weighted by molar-refractivity contribution is -0.137. The standard InChI is InChI=1S/C26H28N4O5/c31-24(18-29-26(34)35-16-6-15-28-23-9-4-5-14-27-23)30-22(17-25(32)33)21-12-10-20(11-13-21)19-7-2-1-3-8-19/h1-5,7-14,22H,6,15-18H2,(H,27,28)(H,29,34)(H,30,31)(H,32,33). The molecule has 35 heavy (non-hydrogen) atoms. The maximum atomic E-state index is 12.3. The van der Waals surface area contributed by atoms with E-state index in [1.807, 2.05) is 60.7 Å². The van der Waals surface area contributed by atoms with E-state index in [2.05, 4.69) is 20.9 Å². The van der Waals surface area contributed by atoms with Gasteiger partial charge >= 0.3 is 12.1 Å². The van der Waals surface area contributed by atoms with E-state index in [4.69, 9.17) is 4.74 Å². The third kappa shape index (κ3) is 8.81. The molecule has 1 atom stereocenters. The maximum absolute atomic E-state index is 12.3. The van der Waals surface area contributed by atoms with Crippen LogP contribution in [0.3, 0.4) is 0 Å². The van der Waals surface area contributed by atoms with Crippen molar-refractivity contribution >= 4 is 23.8 Å². The highest BCUT2D eigenvalue weighted by molar-refractivity contribution is 5.83. The number of carbonyl (C=O) groups is 3. The first-order valence-corrected chi connectivity index (χ1v) is 11.2. The smallest absolute Gasteiger partial charge is 0.407 e. The van der Waals surface area contributed by atoms with Gasteiger partial charge in [-0.3, -0.25) is 9.59 Å². The molecule has 0 saturated heterocycles. The van der Waals surface area contributed by atoms with Crippen LogP contribution in [-0.4, -0.2) is 47.8 Å². The summed E-state index contributed by atoms with van der Waals surface area (Å²) in [4.78, 5) is 39.6. The molecule has 0 radical (unpaired) electrons. The van der Waals surface area contributed by atoms with Crippen LogP contribution in [0.15, 0.2) is 79.0 Å². The van der Waals surface area contributed by atoms with Crippen LogP contribution in [0.4, 0.5) is 10.6 Å². The Labute approximate surface area is 203 Å². The maximum Gasteiger partial charge on any atom is 0.407 e. The first-order valence-electron chi connectivity index (χ1n) is 11.2. The van der Waals surface area contributed by atoms with Crippen molar-refractivity contribution in [3.05, 3.63) is 84.6 Å². The number of alkyl carbamates (subject to hydrolysis) is 1. The summed E-state index contributed by atoms with van der Waals surface area (Å²) in [6, 6.07) is 21.9. The summed E-state index contributed by atoms with van der Waals surface area (Å²) >= 11 is 0. The molecule has 3 aromatic rings. The van der Waals surface area contributed by atoms with Gasteiger partial charge < -0.3 is 25.8 Å². The van der Waals surface area contributed by atoms with Crippen LogP contribution in [0.5, 0.6) is 0 Å². The Morgan fingerprint density at radius 2 is 1.63 bits per heavy atom. The minimum absolute atomic E-state index is 0.169. The van der Waals surface area contributed by atoms with Crippen LogP contribution in [0.1, 0.15) is 24.4 Å². The number of amides is 2. The molecular formula is C26H28N4O5. The van der Waals surface area contributed by atoms with Gasteiger partial charge in [-0.25, -0.2) is 9.78 Å². The van der Waals surface area contributed by atoms with Crippen molar-refractivity contribution < 1.29 is 24.2 Å². The highest BCUT2D eigenvalue weighted by atomic mass is 16.5. The number of hydrogen-bond donors (Lipinski definition) is 4. The average molecular weight is 477 g/mol. The normalized spacial score (nSPS) is 11.2. The first kappa shape index (κ1) is 25.2. The summed E-state index contributed by atoms with van der Waals surface area (Å²) in [7, 11) is 0. The molecule has 0 aliphatic heterocycles. The van der Waals surface area contributed by atoms with E-state index >= 15 is 0 Å². The summed E-state index contributed by atoms with van der Waals surface area (Å²) in [5.74, 6) is -0.828. The Morgan fingerprint density at radius 3 is 2.31 bits per heavy atom. The third-order valence-corrected chi connectivity index (χ3v) is 5.05. The van der Waals surface area contributed by atoms with Crippen LogP contribution in [0.2, 0.25) is 0 Å². The van der Waals surface area contributed by atoms with Gasteiger partial charge in [0, 0.05) is 12.7 Å². The highest BCUT2D eigenvalue weighted by Gasteiger charge is 2.19. The summed E-state index contributed by atoms with van der Waals surface area (Å²) in [6.45, 7) is 0.413. The predicted molar refractivity (Wildman–Crippen MR) is 132 cm³/mol. The van der Waals surface area contributed by atoms with Gasteiger partial charge in [0.15, 0.2) is 0 Å². The number of rotatable bonds is 12. The van der Waals surface area contributed by atoms with Crippen molar-refractivity contribution in [2.75, 3.05) is 25.0 Å². The molecule has 1 unspecified atom stereocenters. The summed E-state index contributed by atoms with van der Waals surface area (Å²) in [6.07, 6.45) is 1.23. The third-order valence-electron chi connectivity index (χ3n) is 5.05. The van der Waals surface area contributed by atoms with Crippen molar-refractivity contribution in [3.63, 3.8) is 0 Å². The highest BCUT2D eigenvalue weighted by Crippen LogP contribution is 2.23. The molecule has 4 N–H and O–H groups in total.